The summed E-state index contributed by atoms with van der Waals surface area (Å²) in [4.78, 5) is 34.0. The Morgan fingerprint density at radius 2 is 1.58 bits per heavy atom. The topological polar surface area (TPSA) is 118 Å². The molecule has 10 heteroatoms. The Morgan fingerprint density at radius 1 is 0.895 bits per heavy atom. The lowest BCUT2D eigenvalue weighted by Crippen LogP contribution is -2.33. The molecule has 8 nitrogen and oxygen atoms in total. The third kappa shape index (κ3) is 6.32. The summed E-state index contributed by atoms with van der Waals surface area (Å²) >= 11 is 1.28. The molecule has 0 unspecified atom stereocenters. The van der Waals surface area contributed by atoms with Crippen LogP contribution in [0.25, 0.3) is 22.4 Å². The molecule has 0 aliphatic carbocycles. The summed E-state index contributed by atoms with van der Waals surface area (Å²) in [6.45, 7) is 6.80. The van der Waals surface area contributed by atoms with Crippen LogP contribution >= 0.6 is 11.3 Å². The first-order chi connectivity index (χ1) is 18.0. The average molecular weight is 549 g/mol. The van der Waals surface area contributed by atoms with E-state index in [4.69, 9.17) is 0 Å². The fraction of sp³-hybridized carbons (Fsp3) is 0.214. The third-order valence-electron chi connectivity index (χ3n) is 5.78. The lowest BCUT2D eigenvalue weighted by Gasteiger charge is -2.10. The van der Waals surface area contributed by atoms with Crippen molar-refractivity contribution in [1.82, 2.24) is 15.3 Å². The molecule has 0 saturated heterocycles. The number of benzene rings is 2. The fourth-order valence-corrected chi connectivity index (χ4v) is 5.68. The first-order valence-corrected chi connectivity index (χ1v) is 14.4. The van der Waals surface area contributed by atoms with Gasteiger partial charge in [-0.25, -0.2) is 13.4 Å². The number of carbonyl (C=O) groups is 2. The number of pyridine rings is 1. The van der Waals surface area contributed by atoms with E-state index in [2.05, 4.69) is 20.6 Å². The van der Waals surface area contributed by atoms with Gasteiger partial charge in [-0.1, -0.05) is 24.3 Å². The van der Waals surface area contributed by atoms with Gasteiger partial charge >= 0.3 is 0 Å². The molecular weight excluding hydrogens is 520 g/mol. The lowest BCUT2D eigenvalue weighted by atomic mass is 10.0. The highest BCUT2D eigenvalue weighted by molar-refractivity contribution is 7.92. The Balaban J connectivity index is 1.39. The summed E-state index contributed by atoms with van der Waals surface area (Å²) in [7, 11) is -3.52. The predicted molar refractivity (Wildman–Crippen MR) is 150 cm³/mol. The summed E-state index contributed by atoms with van der Waals surface area (Å²) in [5.41, 5.74) is 5.81. The Hall–Kier alpha value is -3.89. The van der Waals surface area contributed by atoms with Gasteiger partial charge in [0, 0.05) is 27.9 Å². The molecule has 0 spiro atoms. The SMILES string of the molecule is Cc1cc(-c2cccc(-c3csc(NC(=O)CNC(=O)c4cccc(S(=O)(=O)C(C)C)c4)n3)c2)cc(C)n1. The Morgan fingerprint density at radius 3 is 2.29 bits per heavy atom. The molecule has 0 radical (unpaired) electrons. The van der Waals surface area contributed by atoms with E-state index in [9.17, 15) is 18.0 Å². The summed E-state index contributed by atoms with van der Waals surface area (Å²) < 4.78 is 24.8. The van der Waals surface area contributed by atoms with Crippen molar-refractivity contribution in [2.75, 3.05) is 11.9 Å². The maximum absolute atomic E-state index is 12.5. The fourth-order valence-electron chi connectivity index (χ4n) is 3.84. The van der Waals surface area contributed by atoms with Gasteiger partial charge in [0.15, 0.2) is 15.0 Å². The minimum atomic E-state index is -3.52. The number of hydrogen-bond acceptors (Lipinski definition) is 7. The number of nitrogens with zero attached hydrogens (tertiary/aromatic N) is 2. The summed E-state index contributed by atoms with van der Waals surface area (Å²) in [5.74, 6) is -0.985. The third-order valence-corrected chi connectivity index (χ3v) is 8.69. The van der Waals surface area contributed by atoms with E-state index < -0.39 is 26.9 Å². The summed E-state index contributed by atoms with van der Waals surface area (Å²) in [5, 5.41) is 6.88. The summed E-state index contributed by atoms with van der Waals surface area (Å²) in [6.07, 6.45) is 0. The number of nitrogens with one attached hydrogen (secondary N) is 2. The lowest BCUT2D eigenvalue weighted by molar-refractivity contribution is -0.115. The number of rotatable bonds is 8. The van der Waals surface area contributed by atoms with Gasteiger partial charge in [-0.3, -0.25) is 14.6 Å². The van der Waals surface area contributed by atoms with Crippen LogP contribution in [0.1, 0.15) is 35.6 Å². The first kappa shape index (κ1) is 27.2. The smallest absolute Gasteiger partial charge is 0.251 e. The van der Waals surface area contributed by atoms with Crippen molar-refractivity contribution in [2.24, 2.45) is 0 Å². The maximum Gasteiger partial charge on any atom is 0.251 e. The quantitative estimate of drug-likeness (QED) is 0.319. The Bertz CT molecular complexity index is 1590. The standard InChI is InChI=1S/C28H28N4O4S2/c1-17(2)38(35,36)24-10-6-9-22(14-24)27(34)29-15-26(33)32-28-31-25(16-37-28)21-8-5-7-20(13-21)23-11-18(3)30-19(4)12-23/h5-14,16-17H,15H2,1-4H3,(H,29,34)(H,31,32,33). The van der Waals surface area contributed by atoms with E-state index in [0.29, 0.717) is 5.13 Å². The molecule has 2 aromatic heterocycles. The van der Waals surface area contributed by atoms with E-state index >= 15 is 0 Å². The first-order valence-electron chi connectivity index (χ1n) is 12.0. The van der Waals surface area contributed by atoms with Crippen LogP contribution in [-0.4, -0.2) is 42.0 Å². The minimum Gasteiger partial charge on any atom is -0.343 e. The van der Waals surface area contributed by atoms with Crippen molar-refractivity contribution < 1.29 is 18.0 Å². The van der Waals surface area contributed by atoms with Gasteiger partial charge in [0.1, 0.15) is 0 Å². The highest BCUT2D eigenvalue weighted by atomic mass is 32.2. The molecule has 2 amide bonds. The zero-order valence-electron chi connectivity index (χ0n) is 21.5. The van der Waals surface area contributed by atoms with Crippen molar-refractivity contribution in [3.8, 4) is 22.4 Å². The normalized spacial score (nSPS) is 11.4. The van der Waals surface area contributed by atoms with Crippen LogP contribution in [0.2, 0.25) is 0 Å². The largest absolute Gasteiger partial charge is 0.343 e. The zero-order chi connectivity index (χ0) is 27.4. The molecule has 0 aliphatic heterocycles. The van der Waals surface area contributed by atoms with Crippen molar-refractivity contribution in [3.63, 3.8) is 0 Å². The van der Waals surface area contributed by atoms with Crippen molar-refractivity contribution >= 4 is 38.1 Å². The molecule has 2 N–H and O–H groups in total. The predicted octanol–water partition coefficient (Wildman–Crippen LogP) is 5.04. The molecule has 196 valence electrons. The number of aryl methyl sites for hydroxylation is 2. The van der Waals surface area contributed by atoms with Crippen LogP contribution in [0.4, 0.5) is 5.13 Å². The maximum atomic E-state index is 12.5. The molecule has 0 aliphatic rings. The molecule has 0 bridgehead atoms. The number of hydrogen-bond donors (Lipinski definition) is 2. The van der Waals surface area contributed by atoms with Crippen LogP contribution < -0.4 is 10.6 Å². The molecule has 4 aromatic rings. The monoisotopic (exact) mass is 548 g/mol. The van der Waals surface area contributed by atoms with Gasteiger partial charge in [0.05, 0.1) is 22.4 Å². The van der Waals surface area contributed by atoms with Crippen LogP contribution in [0.3, 0.4) is 0 Å². The zero-order valence-corrected chi connectivity index (χ0v) is 23.1. The van der Waals surface area contributed by atoms with Crippen LogP contribution in [-0.2, 0) is 14.6 Å². The molecule has 0 atom stereocenters. The molecule has 38 heavy (non-hydrogen) atoms. The van der Waals surface area contributed by atoms with Crippen LogP contribution in [0.5, 0.6) is 0 Å². The number of anilines is 1. The number of aromatic nitrogens is 2. The second kappa shape index (κ2) is 11.2. The summed E-state index contributed by atoms with van der Waals surface area (Å²) in [6, 6.07) is 17.8. The van der Waals surface area contributed by atoms with Gasteiger partial charge in [-0.05, 0) is 75.2 Å². The minimum absolute atomic E-state index is 0.0678. The van der Waals surface area contributed by atoms with Crippen LogP contribution in [0, 0.1) is 13.8 Å². The van der Waals surface area contributed by atoms with Gasteiger partial charge in [0.25, 0.3) is 5.91 Å². The molecule has 2 aromatic carbocycles. The van der Waals surface area contributed by atoms with E-state index in [1.54, 1.807) is 13.8 Å². The second-order valence-corrected chi connectivity index (χ2v) is 12.5. The molecule has 0 fully saturated rings. The van der Waals surface area contributed by atoms with E-state index in [-0.39, 0.29) is 17.0 Å². The van der Waals surface area contributed by atoms with E-state index in [1.165, 1.54) is 35.6 Å². The molecule has 0 saturated carbocycles. The Kier molecular flexibility index (Phi) is 8.03. The van der Waals surface area contributed by atoms with Crippen LogP contribution in [0.15, 0.2) is 70.9 Å². The number of thiazole rings is 1. The second-order valence-electron chi connectivity index (χ2n) is 9.11. The molecule has 4 rings (SSSR count). The van der Waals surface area contributed by atoms with Gasteiger partial charge < -0.3 is 10.6 Å². The van der Waals surface area contributed by atoms with Crippen molar-refractivity contribution in [2.45, 2.75) is 37.8 Å². The molecule has 2 heterocycles. The van der Waals surface area contributed by atoms with Gasteiger partial charge in [-0.15, -0.1) is 11.3 Å². The number of carbonyl (C=O) groups excluding carboxylic acids is 2. The highest BCUT2D eigenvalue weighted by Gasteiger charge is 2.20. The van der Waals surface area contributed by atoms with Gasteiger partial charge in [-0.2, -0.15) is 0 Å². The van der Waals surface area contributed by atoms with E-state index in [1.807, 2.05) is 55.6 Å². The van der Waals surface area contributed by atoms with Gasteiger partial charge in [0.2, 0.25) is 5.91 Å². The highest BCUT2D eigenvalue weighted by Crippen LogP contribution is 2.29. The van der Waals surface area contributed by atoms with Crippen molar-refractivity contribution in [3.05, 3.63) is 83.0 Å². The molecular formula is C28H28N4O4S2. The van der Waals surface area contributed by atoms with Crippen molar-refractivity contribution in [1.29, 1.82) is 0 Å². The Labute approximate surface area is 226 Å². The number of sulfone groups is 1. The average Bonchev–Trinajstić information content (AvgIpc) is 3.35. The van der Waals surface area contributed by atoms with E-state index in [0.717, 1.165) is 33.8 Å². The number of amides is 2.